The van der Waals surface area contributed by atoms with Gasteiger partial charge in [-0.3, -0.25) is 0 Å². The van der Waals surface area contributed by atoms with Crippen molar-refractivity contribution in [2.75, 3.05) is 11.1 Å². The second-order valence-electron chi connectivity index (χ2n) is 4.04. The summed E-state index contributed by atoms with van der Waals surface area (Å²) < 4.78 is 0. The first kappa shape index (κ1) is 10.5. The third kappa shape index (κ3) is 2.21. The molecule has 0 radical (unpaired) electrons. The Morgan fingerprint density at radius 1 is 1.35 bits per heavy atom. The Labute approximate surface area is 103 Å². The number of nitrogens with two attached hydrogens (primary N) is 1. The molecule has 0 unspecified atom stereocenters. The summed E-state index contributed by atoms with van der Waals surface area (Å²) in [4.78, 5) is 14.6. The van der Waals surface area contributed by atoms with Crippen LogP contribution >= 0.6 is 11.3 Å². The average molecular weight is 247 g/mol. The maximum absolute atomic E-state index is 5.49. The van der Waals surface area contributed by atoms with Crippen LogP contribution in [0, 0.1) is 0 Å². The van der Waals surface area contributed by atoms with Gasteiger partial charge in [0.15, 0.2) is 0 Å². The van der Waals surface area contributed by atoms with Gasteiger partial charge in [-0.2, -0.15) is 4.98 Å². The van der Waals surface area contributed by atoms with Crippen LogP contribution in [-0.4, -0.2) is 15.0 Å². The highest BCUT2D eigenvalue weighted by atomic mass is 32.1. The van der Waals surface area contributed by atoms with Crippen molar-refractivity contribution in [1.82, 2.24) is 15.0 Å². The summed E-state index contributed by atoms with van der Waals surface area (Å²) in [7, 11) is 0. The van der Waals surface area contributed by atoms with E-state index in [2.05, 4.69) is 26.3 Å². The molecule has 2 heterocycles. The zero-order valence-electron chi connectivity index (χ0n) is 9.31. The third-order valence-electron chi connectivity index (χ3n) is 2.81. The molecule has 0 fully saturated rings. The van der Waals surface area contributed by atoms with Crippen molar-refractivity contribution in [2.24, 2.45) is 0 Å². The number of nitrogens with one attached hydrogen (secondary N) is 1. The number of thiophene rings is 1. The van der Waals surface area contributed by atoms with Gasteiger partial charge in [0.1, 0.15) is 6.33 Å². The van der Waals surface area contributed by atoms with Crippen LogP contribution in [0.1, 0.15) is 21.7 Å². The number of rotatable bonds is 3. The quantitative estimate of drug-likeness (QED) is 0.861. The van der Waals surface area contributed by atoms with E-state index >= 15 is 0 Å². The first-order valence-electron chi connectivity index (χ1n) is 5.60. The number of hydrogen-bond donors (Lipinski definition) is 2. The average Bonchev–Trinajstić information content (AvgIpc) is 2.86. The summed E-state index contributed by atoms with van der Waals surface area (Å²) in [6.07, 6.45) is 5.18. The SMILES string of the molecule is Nc1ncnc(NCc2cc3c(s2)CCC3)n1. The maximum Gasteiger partial charge on any atom is 0.227 e. The van der Waals surface area contributed by atoms with Gasteiger partial charge in [-0.1, -0.05) is 0 Å². The summed E-state index contributed by atoms with van der Waals surface area (Å²) in [6, 6.07) is 2.28. The number of aryl methyl sites for hydroxylation is 2. The van der Waals surface area contributed by atoms with Crippen LogP contribution in [0.3, 0.4) is 0 Å². The highest BCUT2D eigenvalue weighted by molar-refractivity contribution is 7.12. The Morgan fingerprint density at radius 2 is 2.29 bits per heavy atom. The molecule has 0 aliphatic heterocycles. The van der Waals surface area contributed by atoms with Gasteiger partial charge >= 0.3 is 0 Å². The lowest BCUT2D eigenvalue weighted by molar-refractivity contribution is 0.913. The molecule has 0 saturated carbocycles. The van der Waals surface area contributed by atoms with Gasteiger partial charge in [0.05, 0.1) is 6.54 Å². The predicted octanol–water partition coefficient (Wildman–Crippen LogP) is 1.62. The Bertz CT molecular complexity index is 515. The Morgan fingerprint density at radius 3 is 3.12 bits per heavy atom. The lowest BCUT2D eigenvalue weighted by atomic mass is 10.2. The van der Waals surface area contributed by atoms with Gasteiger partial charge in [-0.15, -0.1) is 11.3 Å². The molecule has 1 aliphatic rings. The van der Waals surface area contributed by atoms with Crippen molar-refractivity contribution in [1.29, 1.82) is 0 Å². The van der Waals surface area contributed by atoms with Crippen LogP contribution in [0.2, 0.25) is 0 Å². The molecule has 1 aliphatic carbocycles. The van der Waals surface area contributed by atoms with Crippen LogP contribution in [0.5, 0.6) is 0 Å². The van der Waals surface area contributed by atoms with Crippen LogP contribution in [0.25, 0.3) is 0 Å². The van der Waals surface area contributed by atoms with E-state index in [-0.39, 0.29) is 5.95 Å². The van der Waals surface area contributed by atoms with E-state index in [0.29, 0.717) is 5.95 Å². The summed E-state index contributed by atoms with van der Waals surface area (Å²) >= 11 is 1.88. The minimum absolute atomic E-state index is 0.246. The van der Waals surface area contributed by atoms with E-state index in [1.165, 1.54) is 40.9 Å². The number of hydrogen-bond acceptors (Lipinski definition) is 6. The molecule has 0 atom stereocenters. The van der Waals surface area contributed by atoms with Gasteiger partial charge in [0.25, 0.3) is 0 Å². The van der Waals surface area contributed by atoms with E-state index in [1.807, 2.05) is 11.3 Å². The van der Waals surface area contributed by atoms with Gasteiger partial charge in [-0.05, 0) is 30.9 Å². The van der Waals surface area contributed by atoms with Crippen molar-refractivity contribution in [3.05, 3.63) is 27.7 Å². The zero-order valence-corrected chi connectivity index (χ0v) is 10.1. The van der Waals surface area contributed by atoms with Crippen LogP contribution in [0.15, 0.2) is 12.4 Å². The number of fused-ring (bicyclic) bond motifs is 1. The molecular weight excluding hydrogens is 234 g/mol. The van der Waals surface area contributed by atoms with Crippen LogP contribution in [0.4, 0.5) is 11.9 Å². The zero-order chi connectivity index (χ0) is 11.7. The van der Waals surface area contributed by atoms with Crippen molar-refractivity contribution in [3.63, 3.8) is 0 Å². The number of nitrogens with zero attached hydrogens (tertiary/aromatic N) is 3. The fourth-order valence-electron chi connectivity index (χ4n) is 2.04. The second kappa shape index (κ2) is 4.29. The fourth-order valence-corrected chi connectivity index (χ4v) is 3.24. The molecular formula is C11H13N5S. The van der Waals surface area contributed by atoms with Crippen molar-refractivity contribution in [3.8, 4) is 0 Å². The van der Waals surface area contributed by atoms with E-state index < -0.39 is 0 Å². The number of nitrogen functional groups attached to an aromatic ring is 1. The Balaban J connectivity index is 1.67. The summed E-state index contributed by atoms with van der Waals surface area (Å²) in [6.45, 7) is 0.751. The summed E-state index contributed by atoms with van der Waals surface area (Å²) in [5.41, 5.74) is 7.00. The molecule has 3 rings (SSSR count). The first-order valence-corrected chi connectivity index (χ1v) is 6.42. The summed E-state index contributed by atoms with van der Waals surface area (Å²) in [5.74, 6) is 0.780. The van der Waals surface area contributed by atoms with Crippen LogP contribution in [-0.2, 0) is 19.4 Å². The fraction of sp³-hybridized carbons (Fsp3) is 0.364. The molecule has 3 N–H and O–H groups in total. The molecule has 0 bridgehead atoms. The molecule has 0 spiro atoms. The molecule has 5 nitrogen and oxygen atoms in total. The Hall–Kier alpha value is -1.69. The number of aromatic nitrogens is 3. The lowest BCUT2D eigenvalue weighted by Crippen LogP contribution is -2.05. The van der Waals surface area contributed by atoms with E-state index in [9.17, 15) is 0 Å². The topological polar surface area (TPSA) is 76.7 Å². The highest BCUT2D eigenvalue weighted by Gasteiger charge is 2.14. The molecule has 0 aromatic carbocycles. The van der Waals surface area contributed by atoms with Crippen molar-refractivity contribution < 1.29 is 0 Å². The molecule has 6 heteroatoms. The van der Waals surface area contributed by atoms with E-state index in [4.69, 9.17) is 5.73 Å². The summed E-state index contributed by atoms with van der Waals surface area (Å²) in [5, 5.41) is 3.16. The van der Waals surface area contributed by atoms with Crippen molar-refractivity contribution in [2.45, 2.75) is 25.8 Å². The number of anilines is 2. The maximum atomic E-state index is 5.49. The van der Waals surface area contributed by atoms with Gasteiger partial charge in [0.2, 0.25) is 11.9 Å². The molecule has 2 aromatic heterocycles. The highest BCUT2D eigenvalue weighted by Crippen LogP contribution is 2.30. The normalized spacial score (nSPS) is 13.6. The smallest absolute Gasteiger partial charge is 0.227 e. The minimum Gasteiger partial charge on any atom is -0.368 e. The molecule has 88 valence electrons. The molecule has 0 saturated heterocycles. The lowest BCUT2D eigenvalue weighted by Gasteiger charge is -2.02. The van der Waals surface area contributed by atoms with E-state index in [0.717, 1.165) is 6.54 Å². The standard InChI is InChI=1S/C11H13N5S/c12-10-14-6-15-11(16-10)13-5-8-4-7-2-1-3-9(7)17-8/h4,6H,1-3,5H2,(H3,12,13,14,15,16). The predicted molar refractivity (Wildman–Crippen MR) is 67.9 cm³/mol. The van der Waals surface area contributed by atoms with Gasteiger partial charge in [0, 0.05) is 9.75 Å². The monoisotopic (exact) mass is 247 g/mol. The van der Waals surface area contributed by atoms with Crippen LogP contribution < -0.4 is 11.1 Å². The van der Waals surface area contributed by atoms with Gasteiger partial charge < -0.3 is 11.1 Å². The van der Waals surface area contributed by atoms with Gasteiger partial charge in [-0.25, -0.2) is 9.97 Å². The van der Waals surface area contributed by atoms with Crippen molar-refractivity contribution >= 4 is 23.2 Å². The second-order valence-corrected chi connectivity index (χ2v) is 5.26. The first-order chi connectivity index (χ1) is 8.31. The molecule has 0 amide bonds. The molecule has 2 aromatic rings. The minimum atomic E-state index is 0.246. The van der Waals surface area contributed by atoms with E-state index in [1.54, 1.807) is 0 Å². The third-order valence-corrected chi connectivity index (χ3v) is 4.05. The largest absolute Gasteiger partial charge is 0.368 e. The Kier molecular flexibility index (Phi) is 2.64. The molecule has 17 heavy (non-hydrogen) atoms.